The highest BCUT2D eigenvalue weighted by molar-refractivity contribution is 5.97. The van der Waals surface area contributed by atoms with Crippen LogP contribution in [0.2, 0.25) is 0 Å². The largest absolute Gasteiger partial charge is 0.385 e. The summed E-state index contributed by atoms with van der Waals surface area (Å²) in [6.45, 7) is 7.92. The summed E-state index contributed by atoms with van der Waals surface area (Å²) in [4.78, 5) is 5.04. The molecule has 4 aromatic carbocycles. The van der Waals surface area contributed by atoms with E-state index in [1.807, 2.05) is 0 Å². The molecule has 0 radical (unpaired) electrons. The molecule has 2 fully saturated rings. The van der Waals surface area contributed by atoms with Crippen LogP contribution >= 0.6 is 0 Å². The first-order valence-electron chi connectivity index (χ1n) is 14.3. The third-order valence-corrected chi connectivity index (χ3v) is 8.23. The maximum atomic E-state index is 3.65. The maximum Gasteiger partial charge on any atom is 0.0420 e. The van der Waals surface area contributed by atoms with E-state index in [-0.39, 0.29) is 5.92 Å². The molecule has 2 aliphatic heterocycles. The lowest BCUT2D eigenvalue weighted by atomic mass is 9.82. The van der Waals surface area contributed by atoms with Crippen LogP contribution in [0.4, 0.5) is 17.1 Å². The summed E-state index contributed by atoms with van der Waals surface area (Å²) in [6.07, 6.45) is 6.33. The lowest BCUT2D eigenvalue weighted by Crippen LogP contribution is -2.18. The average Bonchev–Trinajstić information content (AvgIpc) is 3.69. The quantitative estimate of drug-likeness (QED) is 0.253. The number of nitrogens with zero attached hydrogens (tertiary/aromatic N) is 2. The molecule has 1 N–H and O–H groups in total. The second kappa shape index (κ2) is 10.9. The summed E-state index contributed by atoms with van der Waals surface area (Å²) < 4.78 is 0. The molecule has 0 atom stereocenters. The van der Waals surface area contributed by atoms with E-state index in [4.69, 9.17) is 0 Å². The molecule has 2 saturated heterocycles. The number of hydrogen-bond donors (Lipinski definition) is 1. The van der Waals surface area contributed by atoms with Gasteiger partial charge in [-0.1, -0.05) is 61.5 Å². The van der Waals surface area contributed by atoms with Crippen LogP contribution in [0, 0.1) is 0 Å². The minimum absolute atomic E-state index is 0.186. The van der Waals surface area contributed by atoms with E-state index in [9.17, 15) is 0 Å². The Bertz CT molecular complexity index is 1250. The standard InChI is InChI=1S/C34H39N3/c1-2-21-35-33-20-19-32(30-9-3-4-10-31(30)33)34(26-11-15-28(16-12-26)36-22-5-6-23-36)27-13-17-29(18-14-27)37-24-7-8-25-37/h3-4,9-20,34-35H,2,5-8,21-25H2,1H3. The molecule has 0 bridgehead atoms. The van der Waals surface area contributed by atoms with Crippen molar-refractivity contribution in [1.29, 1.82) is 0 Å². The molecule has 0 aromatic heterocycles. The number of nitrogens with one attached hydrogen (secondary N) is 1. The SMILES string of the molecule is CCCNc1ccc(C(c2ccc(N3CCCC3)cc2)c2ccc(N3CCCC3)cc2)c2ccccc12. The van der Waals surface area contributed by atoms with Gasteiger partial charge in [-0.2, -0.15) is 0 Å². The Morgan fingerprint density at radius 1 is 0.622 bits per heavy atom. The molecule has 0 saturated carbocycles. The molecule has 2 heterocycles. The van der Waals surface area contributed by atoms with Gasteiger partial charge in [-0.25, -0.2) is 0 Å². The fourth-order valence-corrected chi connectivity index (χ4v) is 6.25. The highest BCUT2D eigenvalue weighted by Gasteiger charge is 2.22. The van der Waals surface area contributed by atoms with Crippen molar-refractivity contribution in [2.24, 2.45) is 0 Å². The summed E-state index contributed by atoms with van der Waals surface area (Å²) in [7, 11) is 0. The molecule has 2 aliphatic rings. The number of anilines is 3. The van der Waals surface area contributed by atoms with E-state index in [0.29, 0.717) is 0 Å². The number of rotatable bonds is 8. The van der Waals surface area contributed by atoms with Gasteiger partial charge < -0.3 is 15.1 Å². The van der Waals surface area contributed by atoms with Crippen LogP contribution in [0.1, 0.15) is 61.6 Å². The van der Waals surface area contributed by atoms with E-state index in [1.54, 1.807) is 0 Å². The van der Waals surface area contributed by atoms with Crippen molar-refractivity contribution in [3.05, 3.63) is 102 Å². The van der Waals surface area contributed by atoms with E-state index in [2.05, 4.69) is 107 Å². The summed E-state index contributed by atoms with van der Waals surface area (Å²) in [5.41, 5.74) is 8.03. The van der Waals surface area contributed by atoms with Crippen molar-refractivity contribution >= 4 is 27.8 Å². The van der Waals surface area contributed by atoms with Gasteiger partial charge in [-0.3, -0.25) is 0 Å². The first kappa shape index (κ1) is 23.9. The molecule has 3 nitrogen and oxygen atoms in total. The normalized spacial score (nSPS) is 15.7. The average molecular weight is 490 g/mol. The molecule has 4 aromatic rings. The Labute approximate surface area is 222 Å². The van der Waals surface area contributed by atoms with Crippen LogP contribution in [-0.4, -0.2) is 32.7 Å². The highest BCUT2D eigenvalue weighted by Crippen LogP contribution is 2.39. The Balaban J connectivity index is 1.43. The fourth-order valence-electron chi connectivity index (χ4n) is 6.25. The van der Waals surface area contributed by atoms with Crippen LogP contribution < -0.4 is 15.1 Å². The first-order chi connectivity index (χ1) is 18.3. The Kier molecular flexibility index (Phi) is 7.03. The fraction of sp³-hybridized carbons (Fsp3) is 0.353. The van der Waals surface area contributed by atoms with Crippen LogP contribution in [0.5, 0.6) is 0 Å². The molecule has 0 aliphatic carbocycles. The lowest BCUT2D eigenvalue weighted by Gasteiger charge is -2.25. The van der Waals surface area contributed by atoms with E-state index < -0.39 is 0 Å². The minimum Gasteiger partial charge on any atom is -0.385 e. The van der Waals surface area contributed by atoms with E-state index >= 15 is 0 Å². The third-order valence-electron chi connectivity index (χ3n) is 8.23. The first-order valence-corrected chi connectivity index (χ1v) is 14.3. The summed E-state index contributed by atoms with van der Waals surface area (Å²) in [6, 6.07) is 32.4. The van der Waals surface area contributed by atoms with Crippen molar-refractivity contribution < 1.29 is 0 Å². The minimum atomic E-state index is 0.186. The number of hydrogen-bond acceptors (Lipinski definition) is 3. The molecule has 0 amide bonds. The monoisotopic (exact) mass is 489 g/mol. The number of fused-ring (bicyclic) bond motifs is 1. The topological polar surface area (TPSA) is 18.5 Å². The van der Waals surface area contributed by atoms with Gasteiger partial charge in [0.05, 0.1) is 0 Å². The molecule has 6 rings (SSSR count). The Morgan fingerprint density at radius 3 is 1.65 bits per heavy atom. The maximum absolute atomic E-state index is 3.65. The van der Waals surface area contributed by atoms with Crippen molar-refractivity contribution in [3.63, 3.8) is 0 Å². The van der Waals surface area contributed by atoms with Gasteiger partial charge in [-0.15, -0.1) is 0 Å². The molecule has 37 heavy (non-hydrogen) atoms. The second-order valence-corrected chi connectivity index (χ2v) is 10.7. The zero-order valence-corrected chi connectivity index (χ0v) is 22.1. The molecule has 3 heteroatoms. The molecular formula is C34H39N3. The predicted molar refractivity (Wildman–Crippen MR) is 159 cm³/mol. The van der Waals surface area contributed by atoms with Crippen LogP contribution in [-0.2, 0) is 0 Å². The van der Waals surface area contributed by atoms with Crippen molar-refractivity contribution in [2.45, 2.75) is 44.9 Å². The zero-order chi connectivity index (χ0) is 25.0. The van der Waals surface area contributed by atoms with Gasteiger partial charge in [0.25, 0.3) is 0 Å². The molecule has 0 unspecified atom stereocenters. The Morgan fingerprint density at radius 2 is 1.14 bits per heavy atom. The molecular weight excluding hydrogens is 450 g/mol. The van der Waals surface area contributed by atoms with Crippen LogP contribution in [0.3, 0.4) is 0 Å². The summed E-state index contributed by atoms with van der Waals surface area (Å²) in [5, 5.41) is 6.29. The molecule has 190 valence electrons. The van der Waals surface area contributed by atoms with Gasteiger partial charge in [-0.05, 0) is 84.5 Å². The van der Waals surface area contributed by atoms with Gasteiger partial charge in [0.2, 0.25) is 0 Å². The highest BCUT2D eigenvalue weighted by atomic mass is 15.1. The lowest BCUT2D eigenvalue weighted by molar-refractivity contribution is 0.949. The molecule has 0 spiro atoms. The number of benzene rings is 4. The van der Waals surface area contributed by atoms with Gasteiger partial charge in [0.15, 0.2) is 0 Å². The zero-order valence-electron chi connectivity index (χ0n) is 22.1. The van der Waals surface area contributed by atoms with Crippen molar-refractivity contribution in [1.82, 2.24) is 0 Å². The van der Waals surface area contributed by atoms with E-state index in [0.717, 1.165) is 13.0 Å². The van der Waals surface area contributed by atoms with Gasteiger partial charge in [0, 0.05) is 61.1 Å². The second-order valence-electron chi connectivity index (χ2n) is 10.7. The van der Waals surface area contributed by atoms with E-state index in [1.165, 1.54) is 96.4 Å². The van der Waals surface area contributed by atoms with Gasteiger partial charge >= 0.3 is 0 Å². The smallest absolute Gasteiger partial charge is 0.0420 e. The van der Waals surface area contributed by atoms with Crippen LogP contribution in [0.25, 0.3) is 10.8 Å². The van der Waals surface area contributed by atoms with Crippen molar-refractivity contribution in [3.8, 4) is 0 Å². The third kappa shape index (κ3) is 4.92. The summed E-state index contributed by atoms with van der Waals surface area (Å²) >= 11 is 0. The summed E-state index contributed by atoms with van der Waals surface area (Å²) in [5.74, 6) is 0.186. The Hall–Kier alpha value is -3.46. The van der Waals surface area contributed by atoms with Crippen LogP contribution in [0.15, 0.2) is 84.9 Å². The predicted octanol–water partition coefficient (Wildman–Crippen LogP) is 8.04. The van der Waals surface area contributed by atoms with Crippen molar-refractivity contribution in [2.75, 3.05) is 47.8 Å². The van der Waals surface area contributed by atoms with Gasteiger partial charge in [0.1, 0.15) is 0 Å².